The molecule has 0 fully saturated rings. The maximum absolute atomic E-state index is 12.7. The van der Waals surface area contributed by atoms with Crippen molar-refractivity contribution in [2.75, 3.05) is 5.32 Å². The van der Waals surface area contributed by atoms with Gasteiger partial charge in [0, 0.05) is 15.7 Å². The minimum Gasteiger partial charge on any atom is -0.360 e. The van der Waals surface area contributed by atoms with Gasteiger partial charge in [0.05, 0.1) is 5.02 Å². The van der Waals surface area contributed by atoms with Crippen molar-refractivity contribution in [3.8, 4) is 11.3 Å². The van der Waals surface area contributed by atoms with Crippen LogP contribution in [0, 0.1) is 13.8 Å². The number of carbonyl (C=O) groups excluding carboxylic acids is 1. The molecule has 0 aliphatic rings. The number of halogens is 2. The molecule has 4 nitrogen and oxygen atoms in total. The first-order valence-corrected chi connectivity index (χ1v) is 8.43. The minimum absolute atomic E-state index is 0.287. The van der Waals surface area contributed by atoms with Crippen molar-refractivity contribution in [3.05, 3.63) is 68.8 Å². The van der Waals surface area contributed by atoms with Gasteiger partial charge in [-0.25, -0.2) is 0 Å². The average Bonchev–Trinajstić information content (AvgIpc) is 2.93. The van der Waals surface area contributed by atoms with Gasteiger partial charge in [-0.05, 0) is 43.7 Å². The van der Waals surface area contributed by atoms with Gasteiger partial charge in [-0.2, -0.15) is 0 Å². The molecule has 0 saturated heterocycles. The van der Waals surface area contributed by atoms with E-state index in [-0.39, 0.29) is 5.91 Å². The van der Waals surface area contributed by atoms with E-state index in [4.69, 9.17) is 16.1 Å². The van der Waals surface area contributed by atoms with Crippen LogP contribution in [0.15, 0.2) is 51.5 Å². The summed E-state index contributed by atoms with van der Waals surface area (Å²) in [5, 5.41) is 7.41. The molecule has 1 aromatic heterocycles. The van der Waals surface area contributed by atoms with Crippen LogP contribution in [0.4, 0.5) is 5.69 Å². The van der Waals surface area contributed by atoms with Crippen molar-refractivity contribution in [3.63, 3.8) is 0 Å². The highest BCUT2D eigenvalue weighted by Gasteiger charge is 2.23. The van der Waals surface area contributed by atoms with Gasteiger partial charge >= 0.3 is 0 Å². The van der Waals surface area contributed by atoms with E-state index in [0.717, 1.165) is 10.0 Å². The lowest BCUT2D eigenvalue weighted by atomic mass is 10.1. The summed E-state index contributed by atoms with van der Waals surface area (Å²) in [6, 6.07) is 12.8. The van der Waals surface area contributed by atoms with Crippen molar-refractivity contribution in [2.24, 2.45) is 0 Å². The number of nitrogens with zero attached hydrogens (tertiary/aromatic N) is 1. The molecule has 6 heteroatoms. The number of hydrogen-bond donors (Lipinski definition) is 1. The second-order valence-electron chi connectivity index (χ2n) is 5.36. The topological polar surface area (TPSA) is 55.1 Å². The Morgan fingerprint density at radius 3 is 2.67 bits per heavy atom. The Labute approximate surface area is 152 Å². The molecule has 0 saturated carbocycles. The van der Waals surface area contributed by atoms with E-state index >= 15 is 0 Å². The number of amides is 1. The van der Waals surface area contributed by atoms with Crippen LogP contribution in [0.3, 0.4) is 0 Å². The molecule has 0 radical (unpaired) electrons. The normalized spacial score (nSPS) is 10.7. The van der Waals surface area contributed by atoms with Crippen LogP contribution in [-0.4, -0.2) is 11.1 Å². The number of aryl methyl sites for hydroxylation is 2. The van der Waals surface area contributed by atoms with Crippen LogP contribution < -0.4 is 5.32 Å². The third-order valence-electron chi connectivity index (χ3n) is 3.63. The third kappa shape index (κ3) is 3.23. The largest absolute Gasteiger partial charge is 0.360 e. The summed E-state index contributed by atoms with van der Waals surface area (Å²) in [5.41, 5.74) is 3.20. The van der Waals surface area contributed by atoms with E-state index in [2.05, 4.69) is 26.4 Å². The molecule has 1 amide bonds. The van der Waals surface area contributed by atoms with Gasteiger partial charge in [-0.3, -0.25) is 4.79 Å². The third-order valence-corrected chi connectivity index (χ3v) is 4.85. The quantitative estimate of drug-likeness (QED) is 0.614. The van der Waals surface area contributed by atoms with E-state index in [1.54, 1.807) is 19.1 Å². The zero-order valence-electron chi connectivity index (χ0n) is 13.1. The average molecular weight is 406 g/mol. The van der Waals surface area contributed by atoms with E-state index in [1.807, 2.05) is 37.3 Å². The Morgan fingerprint density at radius 1 is 1.21 bits per heavy atom. The van der Waals surface area contributed by atoms with E-state index < -0.39 is 0 Å². The Bertz CT molecular complexity index is 921. The van der Waals surface area contributed by atoms with Gasteiger partial charge in [0.25, 0.3) is 5.91 Å². The molecule has 0 bridgehead atoms. The van der Waals surface area contributed by atoms with Crippen LogP contribution in [0.2, 0.25) is 5.02 Å². The Kier molecular flexibility index (Phi) is 4.73. The molecular formula is C18H14BrClN2O2. The first-order valence-electron chi connectivity index (χ1n) is 7.26. The molecule has 1 heterocycles. The molecule has 3 aromatic rings. The maximum atomic E-state index is 12.7. The maximum Gasteiger partial charge on any atom is 0.261 e. The Morgan fingerprint density at radius 2 is 1.96 bits per heavy atom. The van der Waals surface area contributed by atoms with Gasteiger partial charge in [0.15, 0.2) is 0 Å². The predicted octanol–water partition coefficient (Wildman–Crippen LogP) is 5.63. The number of anilines is 1. The smallest absolute Gasteiger partial charge is 0.261 e. The lowest BCUT2D eigenvalue weighted by Crippen LogP contribution is -2.13. The number of benzene rings is 2. The highest BCUT2D eigenvalue weighted by atomic mass is 79.9. The fourth-order valence-electron chi connectivity index (χ4n) is 2.39. The van der Waals surface area contributed by atoms with Crippen molar-refractivity contribution in [2.45, 2.75) is 13.8 Å². The molecule has 2 aromatic carbocycles. The zero-order chi connectivity index (χ0) is 17.3. The van der Waals surface area contributed by atoms with Crippen molar-refractivity contribution in [1.82, 2.24) is 5.16 Å². The van der Waals surface area contributed by atoms with Gasteiger partial charge in [0.2, 0.25) is 0 Å². The fourth-order valence-corrected chi connectivity index (χ4v) is 2.86. The summed E-state index contributed by atoms with van der Waals surface area (Å²) in [6.07, 6.45) is 0. The molecule has 24 heavy (non-hydrogen) atoms. The fraction of sp³-hybridized carbons (Fsp3) is 0.111. The molecule has 3 rings (SSSR count). The number of rotatable bonds is 3. The van der Waals surface area contributed by atoms with E-state index in [9.17, 15) is 4.79 Å². The number of nitrogens with one attached hydrogen (secondary N) is 1. The highest BCUT2D eigenvalue weighted by molar-refractivity contribution is 9.10. The monoisotopic (exact) mass is 404 g/mol. The summed E-state index contributed by atoms with van der Waals surface area (Å²) < 4.78 is 6.21. The highest BCUT2D eigenvalue weighted by Crippen LogP contribution is 2.31. The van der Waals surface area contributed by atoms with Gasteiger partial charge in [0.1, 0.15) is 17.0 Å². The number of carbonyl (C=O) groups is 1. The zero-order valence-corrected chi connectivity index (χ0v) is 15.4. The molecule has 0 aliphatic heterocycles. The van der Waals surface area contributed by atoms with Gasteiger partial charge < -0.3 is 9.84 Å². The number of aromatic nitrogens is 1. The van der Waals surface area contributed by atoms with Crippen LogP contribution in [-0.2, 0) is 0 Å². The minimum atomic E-state index is -0.287. The van der Waals surface area contributed by atoms with Crippen LogP contribution >= 0.6 is 27.5 Å². The second-order valence-corrected chi connectivity index (χ2v) is 6.62. The molecule has 1 N–H and O–H groups in total. The molecule has 0 spiro atoms. The predicted molar refractivity (Wildman–Crippen MR) is 98.5 cm³/mol. The molecular weight excluding hydrogens is 392 g/mol. The van der Waals surface area contributed by atoms with E-state index in [0.29, 0.717) is 33.3 Å². The first kappa shape index (κ1) is 16.7. The summed E-state index contributed by atoms with van der Waals surface area (Å²) in [4.78, 5) is 12.7. The SMILES string of the molecule is Cc1cc(NC(=O)c2c(-c3ccccc3Cl)noc2C)ccc1Br. The Balaban J connectivity index is 1.97. The summed E-state index contributed by atoms with van der Waals surface area (Å²) >= 11 is 9.67. The van der Waals surface area contributed by atoms with Crippen molar-refractivity contribution >= 4 is 39.1 Å². The summed E-state index contributed by atoms with van der Waals surface area (Å²) in [7, 11) is 0. The summed E-state index contributed by atoms with van der Waals surface area (Å²) in [5.74, 6) is 0.154. The molecule has 0 atom stereocenters. The second kappa shape index (κ2) is 6.79. The van der Waals surface area contributed by atoms with Crippen LogP contribution in [0.5, 0.6) is 0 Å². The van der Waals surface area contributed by atoms with Crippen LogP contribution in [0.1, 0.15) is 21.7 Å². The standard InChI is InChI=1S/C18H14BrClN2O2/c1-10-9-12(7-8-14(10)19)21-18(23)16-11(2)24-22-17(16)13-5-3-4-6-15(13)20/h3-9H,1-2H3,(H,21,23). The lowest BCUT2D eigenvalue weighted by Gasteiger charge is -2.08. The van der Waals surface area contributed by atoms with Crippen LogP contribution in [0.25, 0.3) is 11.3 Å². The van der Waals surface area contributed by atoms with Gasteiger partial charge in [-0.1, -0.05) is 50.9 Å². The Hall–Kier alpha value is -2.11. The lowest BCUT2D eigenvalue weighted by molar-refractivity contribution is 0.102. The molecule has 0 unspecified atom stereocenters. The molecule has 0 aliphatic carbocycles. The van der Waals surface area contributed by atoms with Gasteiger partial charge in [-0.15, -0.1) is 0 Å². The molecule has 122 valence electrons. The summed E-state index contributed by atoms with van der Waals surface area (Å²) in [6.45, 7) is 3.66. The number of hydrogen-bond acceptors (Lipinski definition) is 3. The van der Waals surface area contributed by atoms with E-state index in [1.165, 1.54) is 0 Å². The van der Waals surface area contributed by atoms with Crippen molar-refractivity contribution < 1.29 is 9.32 Å². The van der Waals surface area contributed by atoms with Crippen molar-refractivity contribution in [1.29, 1.82) is 0 Å². The first-order chi connectivity index (χ1) is 11.5.